The van der Waals surface area contributed by atoms with Gasteiger partial charge in [0, 0.05) is 18.0 Å². The van der Waals surface area contributed by atoms with E-state index in [1.807, 2.05) is 0 Å². The molecule has 11 heteroatoms. The van der Waals surface area contributed by atoms with Crippen LogP contribution in [0.1, 0.15) is 44.7 Å². The normalized spacial score (nSPS) is 16.5. The van der Waals surface area contributed by atoms with Crippen molar-refractivity contribution in [1.82, 2.24) is 0 Å². The Balaban J connectivity index is 2.01. The van der Waals surface area contributed by atoms with Gasteiger partial charge in [0.05, 0.1) is 12.3 Å². The zero-order chi connectivity index (χ0) is 27.1. The zero-order valence-electron chi connectivity index (χ0n) is 20.4. The molecule has 196 valence electrons. The topological polar surface area (TPSA) is 85.3 Å². The molecule has 0 aliphatic carbocycles. The van der Waals surface area contributed by atoms with Gasteiger partial charge in [0.25, 0.3) is 5.91 Å². The van der Waals surface area contributed by atoms with Gasteiger partial charge in [-0.15, -0.1) is 0 Å². The lowest BCUT2D eigenvalue weighted by molar-refractivity contribution is -0.274. The van der Waals surface area contributed by atoms with Gasteiger partial charge in [0.15, 0.2) is 17.8 Å². The summed E-state index contributed by atoms with van der Waals surface area (Å²) in [6, 6.07) is 7.43. The molecule has 2 atom stereocenters. The maximum absolute atomic E-state index is 14.4. The average molecular weight is 530 g/mol. The van der Waals surface area contributed by atoms with Crippen LogP contribution in [-0.2, 0) is 19.9 Å². The van der Waals surface area contributed by atoms with Gasteiger partial charge in [0.1, 0.15) is 11.5 Å². The largest absolute Gasteiger partial charge is 0.482 e. The van der Waals surface area contributed by atoms with Crippen LogP contribution in [0.15, 0.2) is 36.4 Å². The Hall–Kier alpha value is -2.98. The first-order valence-electron chi connectivity index (χ1n) is 11.1. The van der Waals surface area contributed by atoms with Crippen LogP contribution in [0, 0.1) is 0 Å². The summed E-state index contributed by atoms with van der Waals surface area (Å²) in [4.78, 5) is 25.3. The molecule has 0 aromatic heterocycles. The first kappa shape index (κ1) is 27.6. The van der Waals surface area contributed by atoms with Gasteiger partial charge in [-0.3, -0.25) is 4.79 Å². The number of hydrogen-bond acceptors (Lipinski definition) is 6. The van der Waals surface area contributed by atoms with Crippen molar-refractivity contribution in [2.45, 2.75) is 51.0 Å². The fourth-order valence-electron chi connectivity index (χ4n) is 3.96. The lowest BCUT2D eigenvalue weighted by Crippen LogP contribution is -2.47. The summed E-state index contributed by atoms with van der Waals surface area (Å²) in [7, 11) is 1.41. The van der Waals surface area contributed by atoms with Crippen LogP contribution in [-0.4, -0.2) is 49.0 Å². The van der Waals surface area contributed by atoms with E-state index in [-0.39, 0.29) is 41.0 Å². The summed E-state index contributed by atoms with van der Waals surface area (Å²) in [5, 5.41) is 11.1. The number of hydrogen-bond donors (Lipinski definition) is 1. The Labute approximate surface area is 211 Å². The van der Waals surface area contributed by atoms with E-state index in [0.717, 1.165) is 12.1 Å². The standard InChI is InChI=1S/C25H27ClF3NO6/c1-6-34-22(32)23(3,4)36-16-8-9-17(18(26)12-16)14(2)24(33,25(27,28)29)15-7-10-20-19(11-15)30(5)21(31)13-35-20/h7-12,14,33H,6,13H2,1-5H3. The number of nitrogens with zero attached hydrogens (tertiary/aromatic N) is 1. The summed E-state index contributed by atoms with van der Waals surface area (Å²) in [6.45, 7) is 5.73. The minimum atomic E-state index is -5.11. The van der Waals surface area contributed by atoms with Crippen molar-refractivity contribution in [2.24, 2.45) is 0 Å². The number of carbonyl (C=O) groups is 2. The lowest BCUT2D eigenvalue weighted by Gasteiger charge is -2.38. The highest BCUT2D eigenvalue weighted by atomic mass is 35.5. The van der Waals surface area contributed by atoms with Gasteiger partial charge in [-0.1, -0.05) is 30.7 Å². The van der Waals surface area contributed by atoms with Crippen LogP contribution in [0.5, 0.6) is 11.5 Å². The van der Waals surface area contributed by atoms with Gasteiger partial charge < -0.3 is 24.2 Å². The van der Waals surface area contributed by atoms with Crippen molar-refractivity contribution in [3.8, 4) is 11.5 Å². The Morgan fingerprint density at radius 2 is 1.89 bits per heavy atom. The highest BCUT2D eigenvalue weighted by Gasteiger charge is 2.59. The maximum atomic E-state index is 14.4. The van der Waals surface area contributed by atoms with Gasteiger partial charge in [-0.05, 0) is 56.2 Å². The second-order valence-corrected chi connectivity index (χ2v) is 9.33. The van der Waals surface area contributed by atoms with Crippen molar-refractivity contribution in [3.05, 3.63) is 52.5 Å². The molecule has 2 aromatic carbocycles. The Bertz CT molecular complexity index is 1170. The van der Waals surface area contributed by atoms with Gasteiger partial charge >= 0.3 is 12.1 Å². The molecule has 1 aliphatic heterocycles. The molecule has 2 unspecified atom stereocenters. The lowest BCUT2D eigenvalue weighted by atomic mass is 9.77. The number of halogens is 4. The summed E-state index contributed by atoms with van der Waals surface area (Å²) < 4.78 is 59.3. The molecule has 0 saturated carbocycles. The number of carbonyl (C=O) groups excluding carboxylic acids is 2. The van der Waals surface area contributed by atoms with Gasteiger partial charge in [-0.25, -0.2) is 4.79 Å². The number of aliphatic hydroxyl groups is 1. The predicted octanol–water partition coefficient (Wildman–Crippen LogP) is 4.97. The second-order valence-electron chi connectivity index (χ2n) is 8.93. The highest BCUT2D eigenvalue weighted by molar-refractivity contribution is 6.31. The smallest absolute Gasteiger partial charge is 0.422 e. The molecule has 7 nitrogen and oxygen atoms in total. The van der Waals surface area contributed by atoms with E-state index in [1.165, 1.54) is 57.0 Å². The third-order valence-corrected chi connectivity index (χ3v) is 6.45. The number of benzene rings is 2. The minimum absolute atomic E-state index is 0.00353. The third-order valence-electron chi connectivity index (χ3n) is 6.12. The number of likely N-dealkylation sites (N-methyl/N-ethyl adjacent to an activating group) is 1. The van der Waals surface area contributed by atoms with E-state index >= 15 is 0 Å². The van der Waals surface area contributed by atoms with E-state index in [2.05, 4.69) is 0 Å². The average Bonchev–Trinajstić information content (AvgIpc) is 2.79. The molecular formula is C25H27ClF3NO6. The molecule has 1 N–H and O–H groups in total. The molecule has 1 amide bonds. The molecular weight excluding hydrogens is 503 g/mol. The van der Waals surface area contributed by atoms with Crippen LogP contribution in [0.2, 0.25) is 5.02 Å². The fourth-order valence-corrected chi connectivity index (χ4v) is 4.29. The van der Waals surface area contributed by atoms with Crippen LogP contribution in [0.25, 0.3) is 0 Å². The van der Waals surface area contributed by atoms with E-state index in [4.69, 9.17) is 25.8 Å². The molecule has 1 aliphatic rings. The van der Waals surface area contributed by atoms with E-state index in [1.54, 1.807) is 6.92 Å². The number of amides is 1. The SMILES string of the molecule is CCOC(=O)C(C)(C)Oc1ccc(C(C)C(O)(c2ccc3c(c2)N(C)C(=O)CO3)C(F)(F)F)c(Cl)c1. The predicted molar refractivity (Wildman–Crippen MR) is 127 cm³/mol. The van der Waals surface area contributed by atoms with E-state index in [9.17, 15) is 27.9 Å². The molecule has 0 bridgehead atoms. The molecule has 0 saturated heterocycles. The van der Waals surface area contributed by atoms with Crippen LogP contribution in [0.4, 0.5) is 18.9 Å². The number of anilines is 1. The number of ether oxygens (including phenoxy) is 3. The minimum Gasteiger partial charge on any atom is -0.482 e. The van der Waals surface area contributed by atoms with Gasteiger partial charge in [0.2, 0.25) is 0 Å². The van der Waals surface area contributed by atoms with Crippen LogP contribution in [0.3, 0.4) is 0 Å². The fraction of sp³-hybridized carbons (Fsp3) is 0.440. The number of alkyl halides is 3. The Kier molecular flexibility index (Phi) is 7.53. The molecule has 0 radical (unpaired) electrons. The molecule has 0 spiro atoms. The second kappa shape index (κ2) is 9.82. The third kappa shape index (κ3) is 4.97. The molecule has 36 heavy (non-hydrogen) atoms. The highest BCUT2D eigenvalue weighted by Crippen LogP contribution is 2.51. The molecule has 3 rings (SSSR count). The summed E-state index contributed by atoms with van der Waals surface area (Å²) >= 11 is 6.35. The van der Waals surface area contributed by atoms with Crippen molar-refractivity contribution in [3.63, 3.8) is 0 Å². The van der Waals surface area contributed by atoms with Crippen LogP contribution < -0.4 is 14.4 Å². The number of rotatable bonds is 7. The number of fused-ring (bicyclic) bond motifs is 1. The monoisotopic (exact) mass is 529 g/mol. The Morgan fingerprint density at radius 3 is 2.47 bits per heavy atom. The first-order valence-corrected chi connectivity index (χ1v) is 11.5. The molecule has 1 heterocycles. The Morgan fingerprint density at radius 1 is 1.22 bits per heavy atom. The number of esters is 1. The van der Waals surface area contributed by atoms with Crippen molar-refractivity contribution in [1.29, 1.82) is 0 Å². The molecule has 2 aromatic rings. The maximum Gasteiger partial charge on any atom is 0.422 e. The van der Waals surface area contributed by atoms with Crippen molar-refractivity contribution < 1.29 is 42.1 Å². The molecule has 0 fully saturated rings. The van der Waals surface area contributed by atoms with Crippen LogP contribution >= 0.6 is 11.6 Å². The summed E-state index contributed by atoms with van der Waals surface area (Å²) in [6.07, 6.45) is -5.11. The van der Waals surface area contributed by atoms with Crippen molar-refractivity contribution >= 4 is 29.2 Å². The van der Waals surface area contributed by atoms with Gasteiger partial charge in [-0.2, -0.15) is 13.2 Å². The summed E-state index contributed by atoms with van der Waals surface area (Å²) in [5.41, 5.74) is -5.11. The van der Waals surface area contributed by atoms with E-state index in [0.29, 0.717) is 0 Å². The summed E-state index contributed by atoms with van der Waals surface area (Å²) in [5.74, 6) is -2.27. The first-order chi connectivity index (χ1) is 16.6. The zero-order valence-corrected chi connectivity index (χ0v) is 21.2. The van der Waals surface area contributed by atoms with Crippen molar-refractivity contribution in [2.75, 3.05) is 25.2 Å². The quantitative estimate of drug-likeness (QED) is 0.510. The van der Waals surface area contributed by atoms with E-state index < -0.39 is 40.7 Å².